The Balaban J connectivity index is 1.31. The molecule has 0 radical (unpaired) electrons. The van der Waals surface area contributed by atoms with Gasteiger partial charge in [-0.25, -0.2) is 9.97 Å². The number of thioether (sulfide) groups is 1. The molecule has 0 unspecified atom stereocenters. The number of anilines is 2. The Morgan fingerprint density at radius 3 is 2.62 bits per heavy atom. The van der Waals surface area contributed by atoms with Gasteiger partial charge in [0.25, 0.3) is 0 Å². The van der Waals surface area contributed by atoms with Crippen LogP contribution in [0, 0.1) is 0 Å². The van der Waals surface area contributed by atoms with Gasteiger partial charge in [0, 0.05) is 45.3 Å². The van der Waals surface area contributed by atoms with E-state index >= 15 is 0 Å². The van der Waals surface area contributed by atoms with Crippen LogP contribution in [-0.4, -0.2) is 72.4 Å². The van der Waals surface area contributed by atoms with Gasteiger partial charge in [-0.15, -0.1) is 0 Å². The molecule has 1 aromatic carbocycles. The van der Waals surface area contributed by atoms with Crippen molar-refractivity contribution < 1.29 is 9.53 Å². The molecule has 184 valence electrons. The quantitative estimate of drug-likeness (QED) is 0.293. The summed E-state index contributed by atoms with van der Waals surface area (Å²) in [6, 6.07) is 10.4. The molecule has 4 rings (SSSR count). The van der Waals surface area contributed by atoms with Gasteiger partial charge < -0.3 is 19.4 Å². The van der Waals surface area contributed by atoms with E-state index in [1.54, 1.807) is 0 Å². The number of halogens is 1. The molecule has 7 nitrogen and oxygen atoms in total. The molecule has 1 amide bonds. The number of hydrogen-bond donors (Lipinski definition) is 0. The molecule has 2 heterocycles. The van der Waals surface area contributed by atoms with Gasteiger partial charge in [-0.1, -0.05) is 54.8 Å². The molecule has 1 saturated heterocycles. The zero-order valence-corrected chi connectivity index (χ0v) is 21.7. The monoisotopic (exact) mass is 503 g/mol. The Labute approximate surface area is 211 Å². The second kappa shape index (κ2) is 12.0. The van der Waals surface area contributed by atoms with Crippen molar-refractivity contribution in [3.63, 3.8) is 0 Å². The summed E-state index contributed by atoms with van der Waals surface area (Å²) in [6.07, 6.45) is 6.19. The molecule has 1 aliphatic carbocycles. The van der Waals surface area contributed by atoms with Crippen LogP contribution in [0.4, 0.5) is 11.5 Å². The Morgan fingerprint density at radius 2 is 1.88 bits per heavy atom. The molecular formula is C25H34ClN5O2S. The molecule has 2 aliphatic rings. The third kappa shape index (κ3) is 6.27. The van der Waals surface area contributed by atoms with Gasteiger partial charge in [0.05, 0.1) is 18.0 Å². The summed E-state index contributed by atoms with van der Waals surface area (Å²) in [5.41, 5.74) is 1.09. The van der Waals surface area contributed by atoms with Crippen LogP contribution < -0.4 is 14.5 Å². The van der Waals surface area contributed by atoms with Crippen LogP contribution in [0.1, 0.15) is 39.0 Å². The van der Waals surface area contributed by atoms with E-state index in [0.717, 1.165) is 30.3 Å². The first-order valence-electron chi connectivity index (χ1n) is 12.2. The fourth-order valence-electron chi connectivity index (χ4n) is 4.70. The highest BCUT2D eigenvalue weighted by Crippen LogP contribution is 2.30. The van der Waals surface area contributed by atoms with Crippen LogP contribution in [0.3, 0.4) is 0 Å². The maximum atomic E-state index is 12.9. The normalized spacial score (nSPS) is 17.0. The molecular weight excluding hydrogens is 470 g/mol. The summed E-state index contributed by atoms with van der Waals surface area (Å²) in [5, 5.41) is 0.979. The Kier molecular flexibility index (Phi) is 8.78. The third-order valence-corrected chi connectivity index (χ3v) is 7.63. The minimum atomic E-state index is 0.105. The van der Waals surface area contributed by atoms with Crippen LogP contribution in [0.2, 0.25) is 5.15 Å². The minimum absolute atomic E-state index is 0.105. The molecule has 0 atom stereocenters. The van der Waals surface area contributed by atoms with Crippen molar-refractivity contribution in [2.75, 3.05) is 55.4 Å². The molecule has 9 heteroatoms. The maximum Gasteiger partial charge on any atom is 0.233 e. The van der Waals surface area contributed by atoms with Crippen molar-refractivity contribution in [1.82, 2.24) is 14.9 Å². The number of para-hydroxylation sites is 2. The average Bonchev–Trinajstić information content (AvgIpc) is 2.88. The SMILES string of the molecule is CCOc1ccccc1N1CCN(C(=O)CSc2nc(Cl)cc(N(C)C3CCCCC3)n2)CC1. The van der Waals surface area contributed by atoms with Gasteiger partial charge in [-0.3, -0.25) is 4.79 Å². The molecule has 1 saturated carbocycles. The van der Waals surface area contributed by atoms with Crippen LogP contribution in [0.25, 0.3) is 0 Å². The zero-order chi connectivity index (χ0) is 23.9. The predicted molar refractivity (Wildman–Crippen MR) is 139 cm³/mol. The van der Waals surface area contributed by atoms with Crippen molar-refractivity contribution >= 4 is 40.8 Å². The first kappa shape index (κ1) is 24.9. The number of aromatic nitrogens is 2. The number of ether oxygens (including phenoxy) is 1. The van der Waals surface area contributed by atoms with Crippen LogP contribution >= 0.6 is 23.4 Å². The molecule has 34 heavy (non-hydrogen) atoms. The summed E-state index contributed by atoms with van der Waals surface area (Å²) in [5.74, 6) is 2.15. The Bertz CT molecular complexity index is 964. The largest absolute Gasteiger partial charge is 0.492 e. The highest BCUT2D eigenvalue weighted by atomic mass is 35.5. The highest BCUT2D eigenvalue weighted by Gasteiger charge is 2.24. The van der Waals surface area contributed by atoms with E-state index in [1.807, 2.05) is 36.1 Å². The zero-order valence-electron chi connectivity index (χ0n) is 20.1. The van der Waals surface area contributed by atoms with Gasteiger partial charge >= 0.3 is 0 Å². The van der Waals surface area contributed by atoms with E-state index in [4.69, 9.17) is 21.3 Å². The van der Waals surface area contributed by atoms with E-state index in [2.05, 4.69) is 27.9 Å². The van der Waals surface area contributed by atoms with E-state index < -0.39 is 0 Å². The highest BCUT2D eigenvalue weighted by molar-refractivity contribution is 7.99. The third-order valence-electron chi connectivity index (χ3n) is 6.61. The molecule has 1 aliphatic heterocycles. The average molecular weight is 504 g/mol. The van der Waals surface area contributed by atoms with Gasteiger partial charge in [0.1, 0.15) is 16.7 Å². The first-order chi connectivity index (χ1) is 16.5. The van der Waals surface area contributed by atoms with Crippen molar-refractivity contribution in [3.8, 4) is 5.75 Å². The van der Waals surface area contributed by atoms with Crippen LogP contribution in [-0.2, 0) is 4.79 Å². The number of carbonyl (C=O) groups is 1. The molecule has 0 N–H and O–H groups in total. The standard InChI is InChI=1S/C25H34ClN5O2S/c1-3-33-21-12-8-7-11-20(21)30-13-15-31(16-14-30)24(32)18-34-25-27-22(26)17-23(28-25)29(2)19-9-5-4-6-10-19/h7-8,11-12,17,19H,3-6,9-10,13-16,18H2,1-2H3. The predicted octanol–water partition coefficient (Wildman–Crippen LogP) is 4.74. The van der Waals surface area contributed by atoms with Gasteiger partial charge in [0.15, 0.2) is 5.16 Å². The number of benzene rings is 1. The Morgan fingerprint density at radius 1 is 1.15 bits per heavy atom. The summed E-state index contributed by atoms with van der Waals surface area (Å²) in [7, 11) is 2.08. The number of piperazine rings is 1. The van der Waals surface area contributed by atoms with Gasteiger partial charge in [-0.05, 0) is 31.9 Å². The first-order valence-corrected chi connectivity index (χ1v) is 13.6. The smallest absolute Gasteiger partial charge is 0.233 e. The lowest BCUT2D eigenvalue weighted by atomic mass is 9.94. The van der Waals surface area contributed by atoms with Crippen LogP contribution in [0.15, 0.2) is 35.5 Å². The summed E-state index contributed by atoms with van der Waals surface area (Å²) in [6.45, 7) is 5.56. The van der Waals surface area contributed by atoms with Crippen molar-refractivity contribution in [3.05, 3.63) is 35.5 Å². The maximum absolute atomic E-state index is 12.9. The van der Waals surface area contributed by atoms with Crippen molar-refractivity contribution in [1.29, 1.82) is 0 Å². The van der Waals surface area contributed by atoms with E-state index in [-0.39, 0.29) is 5.91 Å². The molecule has 2 aromatic rings. The lowest BCUT2D eigenvalue weighted by molar-refractivity contribution is -0.128. The fraction of sp³-hybridized carbons (Fsp3) is 0.560. The molecule has 1 aromatic heterocycles. The van der Waals surface area contributed by atoms with Gasteiger partial charge in [0.2, 0.25) is 5.91 Å². The number of hydrogen-bond acceptors (Lipinski definition) is 7. The number of rotatable bonds is 8. The number of amides is 1. The van der Waals surface area contributed by atoms with Crippen molar-refractivity contribution in [2.24, 2.45) is 0 Å². The summed E-state index contributed by atoms with van der Waals surface area (Å²) < 4.78 is 5.77. The molecule has 0 spiro atoms. The second-order valence-corrected chi connectivity index (χ2v) is 10.1. The van der Waals surface area contributed by atoms with E-state index in [1.165, 1.54) is 43.9 Å². The number of nitrogens with zero attached hydrogens (tertiary/aromatic N) is 5. The molecule has 0 bridgehead atoms. The summed E-state index contributed by atoms with van der Waals surface area (Å²) >= 11 is 7.67. The molecule has 2 fully saturated rings. The topological polar surface area (TPSA) is 61.8 Å². The van der Waals surface area contributed by atoms with E-state index in [9.17, 15) is 4.79 Å². The second-order valence-electron chi connectivity index (χ2n) is 8.79. The fourth-order valence-corrected chi connectivity index (χ4v) is 5.68. The summed E-state index contributed by atoms with van der Waals surface area (Å²) in [4.78, 5) is 28.4. The van der Waals surface area contributed by atoms with Gasteiger partial charge in [-0.2, -0.15) is 0 Å². The van der Waals surface area contributed by atoms with Crippen LogP contribution in [0.5, 0.6) is 5.75 Å². The van der Waals surface area contributed by atoms with E-state index in [0.29, 0.717) is 41.8 Å². The minimum Gasteiger partial charge on any atom is -0.492 e. The lowest BCUT2D eigenvalue weighted by Crippen LogP contribution is -2.49. The van der Waals surface area contributed by atoms with Crippen molar-refractivity contribution in [2.45, 2.75) is 50.2 Å². The Hall–Kier alpha value is -2.19. The number of carbonyl (C=O) groups excluding carboxylic acids is 1. The lowest BCUT2D eigenvalue weighted by Gasteiger charge is -2.36.